The Hall–Kier alpha value is -3.49. The van der Waals surface area contributed by atoms with Gasteiger partial charge in [0.05, 0.1) is 0 Å². The first kappa shape index (κ1) is 31.0. The van der Waals surface area contributed by atoms with Crippen molar-refractivity contribution in [1.82, 2.24) is 0 Å². The van der Waals surface area contributed by atoms with Crippen LogP contribution in [0, 0.1) is 13.8 Å². The molecule has 1 atom stereocenters. The van der Waals surface area contributed by atoms with Gasteiger partial charge in [-0.15, -0.1) is 0 Å². The third-order valence-electron chi connectivity index (χ3n) is 8.59. The molecule has 2 aliphatic heterocycles. The van der Waals surface area contributed by atoms with E-state index in [0.717, 1.165) is 94.6 Å². The van der Waals surface area contributed by atoms with E-state index in [1.54, 1.807) is 0 Å². The summed E-state index contributed by atoms with van der Waals surface area (Å²) in [7, 11) is 0.794. The van der Waals surface area contributed by atoms with E-state index in [1.165, 1.54) is 10.9 Å². The molecule has 0 aliphatic carbocycles. The minimum absolute atomic E-state index is 0.0936. The van der Waals surface area contributed by atoms with Gasteiger partial charge < -0.3 is 18.9 Å². The molecule has 1 unspecified atom stereocenters. The van der Waals surface area contributed by atoms with Gasteiger partial charge in [0.15, 0.2) is 0 Å². The number of ether oxygens (including phenoxy) is 4. The average Bonchev–Trinajstić information content (AvgIpc) is 2.99. The van der Waals surface area contributed by atoms with Crippen LogP contribution in [0.1, 0.15) is 69.7 Å². The molecule has 4 nitrogen and oxygen atoms in total. The highest BCUT2D eigenvalue weighted by Crippen LogP contribution is 2.48. The van der Waals surface area contributed by atoms with Crippen molar-refractivity contribution in [3.05, 3.63) is 93.8 Å². The van der Waals surface area contributed by atoms with Gasteiger partial charge in [0.1, 0.15) is 23.0 Å². The Kier molecular flexibility index (Phi) is 9.37. The summed E-state index contributed by atoms with van der Waals surface area (Å²) < 4.78 is 26.6. The minimum atomic E-state index is -0.207. The summed E-state index contributed by atoms with van der Waals surface area (Å²) in [6.45, 7) is 17.8. The van der Waals surface area contributed by atoms with E-state index in [1.807, 2.05) is 18.2 Å². The first-order valence-electron chi connectivity index (χ1n) is 15.2. The maximum Gasteiger partial charge on any atom is 0.230 e. The Bertz CT molecular complexity index is 1710. The lowest BCUT2D eigenvalue weighted by atomic mass is 9.77. The summed E-state index contributed by atoms with van der Waals surface area (Å²) in [6, 6.07) is 16.6. The lowest BCUT2D eigenvalue weighted by molar-refractivity contribution is 0.113. The van der Waals surface area contributed by atoms with E-state index < -0.39 is 0 Å². The summed E-state index contributed by atoms with van der Waals surface area (Å²) in [5, 5.41) is 5.47. The van der Waals surface area contributed by atoms with Crippen LogP contribution in [-0.2, 0) is 11.8 Å². The molecule has 43 heavy (non-hydrogen) atoms. The van der Waals surface area contributed by atoms with Gasteiger partial charge in [0.2, 0.25) is 13.6 Å². The molecule has 2 heterocycles. The highest BCUT2D eigenvalue weighted by Gasteiger charge is 2.31. The van der Waals surface area contributed by atoms with E-state index in [4.69, 9.17) is 18.9 Å². The molecule has 0 N–H and O–H groups in total. The van der Waals surface area contributed by atoms with Crippen LogP contribution in [0.4, 0.5) is 0 Å². The highest BCUT2D eigenvalue weighted by molar-refractivity contribution is 7.42. The summed E-state index contributed by atoms with van der Waals surface area (Å²) in [6.07, 6.45) is 7.29. The van der Waals surface area contributed by atoms with Crippen LogP contribution in [0.5, 0.6) is 23.0 Å². The van der Waals surface area contributed by atoms with E-state index in [0.29, 0.717) is 0 Å². The zero-order valence-corrected chi connectivity index (χ0v) is 27.9. The van der Waals surface area contributed by atoms with Crippen LogP contribution >= 0.6 is 8.58 Å². The van der Waals surface area contributed by atoms with Crippen molar-refractivity contribution in [1.29, 1.82) is 0 Å². The molecule has 0 saturated carbocycles. The standard InChI is InChI=1S/C38H45O4P/c1-24(2)14-13-19-28-26(4)34-29-15-9-11-17-31(29)36(28)41-22-40-35-27(5)33(38(6,7)21-20-25(3)43-8)37(42-23-39-34)32-18-12-10-16-30(32)35/h9-12,14-18,20,43H,13,19,21-23H2,1-8H3/b25-20+. The highest BCUT2D eigenvalue weighted by atomic mass is 31.1. The van der Waals surface area contributed by atoms with E-state index >= 15 is 0 Å². The van der Waals surface area contributed by atoms with Gasteiger partial charge in [-0.25, -0.2) is 0 Å². The van der Waals surface area contributed by atoms with Gasteiger partial charge in [-0.05, 0) is 77.1 Å². The van der Waals surface area contributed by atoms with Crippen molar-refractivity contribution in [3.8, 4) is 23.0 Å². The fourth-order valence-corrected chi connectivity index (χ4v) is 6.57. The monoisotopic (exact) mass is 596 g/mol. The maximum absolute atomic E-state index is 6.72. The van der Waals surface area contributed by atoms with Crippen molar-refractivity contribution in [2.24, 2.45) is 0 Å². The molecule has 2 aliphatic rings. The van der Waals surface area contributed by atoms with E-state index in [2.05, 4.69) is 97.6 Å². The fourth-order valence-electron chi connectivity index (χ4n) is 6.27. The van der Waals surface area contributed by atoms with Crippen LogP contribution < -0.4 is 18.9 Å². The Morgan fingerprint density at radius 1 is 0.721 bits per heavy atom. The predicted octanol–water partition coefficient (Wildman–Crippen LogP) is 10.5. The number of hydrogen-bond donors (Lipinski definition) is 0. The zero-order valence-electron chi connectivity index (χ0n) is 26.9. The molecular weight excluding hydrogens is 551 g/mol. The van der Waals surface area contributed by atoms with Crippen LogP contribution in [0.15, 0.2) is 71.6 Å². The van der Waals surface area contributed by atoms with Crippen molar-refractivity contribution >= 4 is 30.1 Å². The minimum Gasteiger partial charge on any atom is -0.457 e. The summed E-state index contributed by atoms with van der Waals surface area (Å²) in [5.41, 5.74) is 5.53. The van der Waals surface area contributed by atoms with Gasteiger partial charge in [-0.1, -0.05) is 94.0 Å². The first-order valence-corrected chi connectivity index (χ1v) is 16.7. The Morgan fingerprint density at radius 2 is 1.21 bits per heavy atom. The molecule has 0 aromatic heterocycles. The van der Waals surface area contributed by atoms with Gasteiger partial charge >= 0.3 is 0 Å². The fraction of sp³-hybridized carbons (Fsp3) is 0.368. The second kappa shape index (κ2) is 13.0. The summed E-state index contributed by atoms with van der Waals surface area (Å²) in [5.74, 6) is 3.40. The number of allylic oxidation sites excluding steroid dienone is 4. The molecule has 5 heteroatoms. The van der Waals surface area contributed by atoms with Crippen molar-refractivity contribution in [3.63, 3.8) is 0 Å². The number of fused-ring (bicyclic) bond motifs is 6. The quantitative estimate of drug-likeness (QED) is 0.157. The normalized spacial score (nSPS) is 14.0. The lowest BCUT2D eigenvalue weighted by Crippen LogP contribution is -2.22. The average molecular weight is 597 g/mol. The predicted molar refractivity (Wildman–Crippen MR) is 183 cm³/mol. The second-order valence-electron chi connectivity index (χ2n) is 12.4. The molecule has 6 rings (SSSR count). The van der Waals surface area contributed by atoms with E-state index in [9.17, 15) is 0 Å². The summed E-state index contributed by atoms with van der Waals surface area (Å²) >= 11 is 0. The third kappa shape index (κ3) is 6.27. The molecule has 4 aromatic rings. The SMILES string of the molecule is CP/C(C)=C/CC(C)(C)c1c(C)c2c3ccccc3c1OCOc1c(C)c(CCC=C(C)C)c(c3ccccc13)OCO2. The van der Waals surface area contributed by atoms with Gasteiger partial charge in [0, 0.05) is 32.7 Å². The second-order valence-corrected chi connectivity index (χ2v) is 13.7. The van der Waals surface area contributed by atoms with Crippen molar-refractivity contribution in [2.45, 2.75) is 73.1 Å². The summed E-state index contributed by atoms with van der Waals surface area (Å²) in [4.78, 5) is 0. The van der Waals surface area contributed by atoms with E-state index in [-0.39, 0.29) is 19.0 Å². The largest absolute Gasteiger partial charge is 0.457 e. The van der Waals surface area contributed by atoms with Crippen molar-refractivity contribution in [2.75, 3.05) is 20.3 Å². The molecule has 4 aromatic carbocycles. The molecule has 226 valence electrons. The van der Waals surface area contributed by atoms with Crippen LogP contribution in [0.3, 0.4) is 0 Å². The molecule has 0 saturated heterocycles. The number of rotatable bonds is 7. The van der Waals surface area contributed by atoms with Crippen LogP contribution in [-0.4, -0.2) is 20.3 Å². The molecular formula is C38H45O4P. The van der Waals surface area contributed by atoms with Gasteiger partial charge in [0.25, 0.3) is 0 Å². The number of benzene rings is 4. The Labute approximate surface area is 258 Å². The smallest absolute Gasteiger partial charge is 0.230 e. The molecule has 4 bridgehead atoms. The maximum atomic E-state index is 6.72. The molecule has 0 radical (unpaired) electrons. The van der Waals surface area contributed by atoms with Gasteiger partial charge in [-0.2, -0.15) is 0 Å². The third-order valence-corrected chi connectivity index (χ3v) is 9.59. The molecule has 0 amide bonds. The molecule has 0 spiro atoms. The van der Waals surface area contributed by atoms with Gasteiger partial charge in [-0.3, -0.25) is 0 Å². The van der Waals surface area contributed by atoms with Crippen LogP contribution in [0.25, 0.3) is 21.5 Å². The lowest BCUT2D eigenvalue weighted by Gasteiger charge is -2.31. The number of hydrogen-bond acceptors (Lipinski definition) is 4. The first-order chi connectivity index (χ1) is 20.6. The van der Waals surface area contributed by atoms with Crippen molar-refractivity contribution < 1.29 is 18.9 Å². The Morgan fingerprint density at radius 3 is 1.77 bits per heavy atom. The Balaban J connectivity index is 1.68. The topological polar surface area (TPSA) is 36.9 Å². The molecule has 0 fully saturated rings. The zero-order chi connectivity index (χ0) is 30.7. The van der Waals surface area contributed by atoms with Crippen LogP contribution in [0.2, 0.25) is 0 Å².